The molecule has 17 heavy (non-hydrogen) atoms. The topological polar surface area (TPSA) is 65.5 Å². The van der Waals surface area contributed by atoms with Crippen LogP contribution in [0.4, 0.5) is 0 Å². The fourth-order valence-corrected chi connectivity index (χ4v) is 2.24. The zero-order chi connectivity index (χ0) is 12.4. The highest BCUT2D eigenvalue weighted by Crippen LogP contribution is 2.20. The van der Waals surface area contributed by atoms with Crippen LogP contribution in [0.15, 0.2) is 18.5 Å². The van der Waals surface area contributed by atoms with Crippen molar-refractivity contribution < 1.29 is 9.90 Å². The molecule has 0 aliphatic carbocycles. The van der Waals surface area contributed by atoms with E-state index in [4.69, 9.17) is 0 Å². The number of aromatic nitrogens is 1. The number of piperazine rings is 1. The Labute approximate surface area is 100 Å². The Morgan fingerprint density at radius 1 is 1.47 bits per heavy atom. The summed E-state index contributed by atoms with van der Waals surface area (Å²) in [5, 5.41) is 12.9. The molecular weight excluding hydrogens is 218 g/mol. The molecule has 0 saturated carbocycles. The van der Waals surface area contributed by atoms with E-state index < -0.39 is 0 Å². The molecule has 5 nitrogen and oxygen atoms in total. The van der Waals surface area contributed by atoms with Crippen molar-refractivity contribution in [2.75, 3.05) is 13.1 Å². The van der Waals surface area contributed by atoms with E-state index >= 15 is 0 Å². The molecule has 1 saturated heterocycles. The van der Waals surface area contributed by atoms with Gasteiger partial charge < -0.3 is 15.3 Å². The summed E-state index contributed by atoms with van der Waals surface area (Å²) in [6, 6.07) is 1.80. The normalized spacial score (nSPS) is 24.7. The fraction of sp³-hybridized carbons (Fsp3) is 0.500. The summed E-state index contributed by atoms with van der Waals surface area (Å²) in [6.45, 7) is 5.56. The standard InChI is InChI=1S/C12H17N3O2/c1-8-5-14-6-9(2)15(8)12(17)10-3-4-13-7-11(10)16/h3-4,7-9,14,16H,5-6H2,1-2H3. The van der Waals surface area contributed by atoms with Crippen molar-refractivity contribution in [3.8, 4) is 5.75 Å². The highest BCUT2D eigenvalue weighted by molar-refractivity contribution is 5.97. The molecule has 0 aromatic carbocycles. The zero-order valence-corrected chi connectivity index (χ0v) is 10.1. The highest BCUT2D eigenvalue weighted by Gasteiger charge is 2.30. The number of aromatic hydroxyl groups is 1. The Hall–Kier alpha value is -1.62. The zero-order valence-electron chi connectivity index (χ0n) is 10.1. The van der Waals surface area contributed by atoms with Crippen LogP contribution < -0.4 is 5.32 Å². The lowest BCUT2D eigenvalue weighted by atomic mass is 10.1. The van der Waals surface area contributed by atoms with Gasteiger partial charge in [0, 0.05) is 31.4 Å². The van der Waals surface area contributed by atoms with Crippen LogP contribution in [-0.4, -0.2) is 46.1 Å². The summed E-state index contributed by atoms with van der Waals surface area (Å²) >= 11 is 0. The molecule has 2 unspecified atom stereocenters. The molecule has 1 aliphatic rings. The van der Waals surface area contributed by atoms with Crippen LogP contribution >= 0.6 is 0 Å². The number of carbonyl (C=O) groups is 1. The monoisotopic (exact) mass is 235 g/mol. The van der Waals surface area contributed by atoms with Gasteiger partial charge in [-0.25, -0.2) is 0 Å². The molecule has 2 heterocycles. The Morgan fingerprint density at radius 2 is 2.12 bits per heavy atom. The molecule has 0 bridgehead atoms. The lowest BCUT2D eigenvalue weighted by molar-refractivity contribution is 0.0541. The third-order valence-electron chi connectivity index (χ3n) is 3.09. The van der Waals surface area contributed by atoms with Gasteiger partial charge >= 0.3 is 0 Å². The average Bonchev–Trinajstić information content (AvgIpc) is 2.29. The third-order valence-corrected chi connectivity index (χ3v) is 3.09. The maximum absolute atomic E-state index is 12.4. The van der Waals surface area contributed by atoms with Crippen LogP contribution in [0, 0.1) is 0 Å². The van der Waals surface area contributed by atoms with Crippen LogP contribution in [0.3, 0.4) is 0 Å². The molecule has 1 amide bonds. The first-order valence-electron chi connectivity index (χ1n) is 5.77. The van der Waals surface area contributed by atoms with Gasteiger partial charge in [-0.1, -0.05) is 0 Å². The number of hydrogen-bond acceptors (Lipinski definition) is 4. The average molecular weight is 235 g/mol. The first-order chi connectivity index (χ1) is 8.11. The molecule has 0 radical (unpaired) electrons. The maximum Gasteiger partial charge on any atom is 0.258 e. The van der Waals surface area contributed by atoms with Gasteiger partial charge in [-0.15, -0.1) is 0 Å². The Bertz CT molecular complexity index is 412. The summed E-state index contributed by atoms with van der Waals surface area (Å²) in [5.41, 5.74) is 0.320. The third kappa shape index (κ3) is 2.24. The van der Waals surface area contributed by atoms with E-state index in [9.17, 15) is 9.90 Å². The lowest BCUT2D eigenvalue weighted by Crippen LogP contribution is -2.57. The van der Waals surface area contributed by atoms with Gasteiger partial charge in [0.05, 0.1) is 11.8 Å². The van der Waals surface area contributed by atoms with E-state index in [0.717, 1.165) is 13.1 Å². The molecule has 92 valence electrons. The lowest BCUT2D eigenvalue weighted by Gasteiger charge is -2.39. The van der Waals surface area contributed by atoms with Crippen molar-refractivity contribution in [1.29, 1.82) is 0 Å². The summed E-state index contributed by atoms with van der Waals surface area (Å²) in [6.07, 6.45) is 2.81. The Kier molecular flexibility index (Phi) is 3.28. The van der Waals surface area contributed by atoms with E-state index in [1.807, 2.05) is 18.7 Å². The first kappa shape index (κ1) is 11.9. The number of nitrogens with zero attached hydrogens (tertiary/aromatic N) is 2. The second-order valence-corrected chi connectivity index (χ2v) is 4.46. The minimum atomic E-state index is -0.133. The smallest absolute Gasteiger partial charge is 0.258 e. The number of carbonyl (C=O) groups excluding carboxylic acids is 1. The van der Waals surface area contributed by atoms with Crippen molar-refractivity contribution in [2.45, 2.75) is 25.9 Å². The van der Waals surface area contributed by atoms with Crippen molar-refractivity contribution in [3.05, 3.63) is 24.0 Å². The molecule has 1 aromatic rings. The molecule has 2 atom stereocenters. The van der Waals surface area contributed by atoms with Gasteiger partial charge in [0.25, 0.3) is 5.91 Å². The SMILES string of the molecule is CC1CNCC(C)N1C(=O)c1ccncc1O. The van der Waals surface area contributed by atoms with Gasteiger partial charge in [-0.2, -0.15) is 0 Å². The summed E-state index contributed by atoms with van der Waals surface area (Å²) in [4.78, 5) is 17.9. The molecule has 2 rings (SSSR count). The predicted molar refractivity (Wildman–Crippen MR) is 63.9 cm³/mol. The minimum Gasteiger partial charge on any atom is -0.505 e. The summed E-state index contributed by atoms with van der Waals surface area (Å²) in [5.74, 6) is -0.193. The predicted octanol–water partition coefficient (Wildman–Crippen LogP) is 0.610. The molecule has 5 heteroatoms. The minimum absolute atomic E-state index is 0.0598. The van der Waals surface area contributed by atoms with Gasteiger partial charge in [-0.05, 0) is 19.9 Å². The molecule has 1 aliphatic heterocycles. The van der Waals surface area contributed by atoms with Gasteiger partial charge in [0.1, 0.15) is 5.75 Å². The number of pyridine rings is 1. The fourth-order valence-electron chi connectivity index (χ4n) is 2.24. The number of hydrogen-bond donors (Lipinski definition) is 2. The van der Waals surface area contributed by atoms with Crippen LogP contribution in [0.1, 0.15) is 24.2 Å². The molecule has 0 spiro atoms. The van der Waals surface area contributed by atoms with E-state index in [1.165, 1.54) is 12.4 Å². The van der Waals surface area contributed by atoms with Crippen LogP contribution in [0.2, 0.25) is 0 Å². The number of rotatable bonds is 1. The molecule has 1 fully saturated rings. The van der Waals surface area contributed by atoms with E-state index in [0.29, 0.717) is 5.56 Å². The molecule has 2 N–H and O–H groups in total. The van der Waals surface area contributed by atoms with E-state index in [-0.39, 0.29) is 23.7 Å². The van der Waals surface area contributed by atoms with E-state index in [2.05, 4.69) is 10.3 Å². The maximum atomic E-state index is 12.4. The van der Waals surface area contributed by atoms with E-state index in [1.54, 1.807) is 6.07 Å². The van der Waals surface area contributed by atoms with Crippen LogP contribution in [0.5, 0.6) is 5.75 Å². The second kappa shape index (κ2) is 4.71. The van der Waals surface area contributed by atoms with Crippen molar-refractivity contribution in [1.82, 2.24) is 15.2 Å². The molecule has 1 aromatic heterocycles. The Balaban J connectivity index is 2.27. The quantitative estimate of drug-likeness (QED) is 0.748. The first-order valence-corrected chi connectivity index (χ1v) is 5.77. The van der Waals surface area contributed by atoms with Gasteiger partial charge in [0.2, 0.25) is 0 Å². The van der Waals surface area contributed by atoms with Crippen LogP contribution in [-0.2, 0) is 0 Å². The van der Waals surface area contributed by atoms with Gasteiger partial charge in [0.15, 0.2) is 0 Å². The van der Waals surface area contributed by atoms with Crippen LogP contribution in [0.25, 0.3) is 0 Å². The number of nitrogens with one attached hydrogen (secondary N) is 1. The Morgan fingerprint density at radius 3 is 2.71 bits per heavy atom. The highest BCUT2D eigenvalue weighted by atomic mass is 16.3. The van der Waals surface area contributed by atoms with Crippen molar-refractivity contribution in [2.24, 2.45) is 0 Å². The van der Waals surface area contributed by atoms with Crippen molar-refractivity contribution in [3.63, 3.8) is 0 Å². The molecular formula is C12H17N3O2. The van der Waals surface area contributed by atoms with Gasteiger partial charge in [-0.3, -0.25) is 9.78 Å². The largest absolute Gasteiger partial charge is 0.505 e. The number of amides is 1. The summed E-state index contributed by atoms with van der Waals surface area (Å²) < 4.78 is 0. The second-order valence-electron chi connectivity index (χ2n) is 4.46. The van der Waals surface area contributed by atoms with Crippen molar-refractivity contribution >= 4 is 5.91 Å². The summed E-state index contributed by atoms with van der Waals surface area (Å²) in [7, 11) is 0.